The zero-order valence-electron chi connectivity index (χ0n) is 10.1. The number of aromatic nitrogens is 3. The van der Waals surface area contributed by atoms with Crippen LogP contribution >= 0.6 is 0 Å². The average Bonchev–Trinajstić information content (AvgIpc) is 2.98. The highest BCUT2D eigenvalue weighted by atomic mass is 15.3. The molecule has 0 unspecified atom stereocenters. The van der Waals surface area contributed by atoms with Gasteiger partial charge in [-0.05, 0) is 42.0 Å². The van der Waals surface area contributed by atoms with Gasteiger partial charge in [-0.25, -0.2) is 4.68 Å². The van der Waals surface area contributed by atoms with Gasteiger partial charge in [-0.1, -0.05) is 0 Å². The Kier molecular flexibility index (Phi) is 2.79. The molecular formula is C15H10N4. The van der Waals surface area contributed by atoms with E-state index in [2.05, 4.69) is 16.2 Å². The van der Waals surface area contributed by atoms with E-state index in [1.165, 1.54) is 0 Å². The Morgan fingerprint density at radius 3 is 2.37 bits per heavy atom. The van der Waals surface area contributed by atoms with Crippen molar-refractivity contribution in [1.29, 1.82) is 5.26 Å². The molecule has 0 saturated carbocycles. The molecule has 3 aromatic rings. The Morgan fingerprint density at radius 2 is 1.68 bits per heavy atom. The van der Waals surface area contributed by atoms with Crippen molar-refractivity contribution in [3.63, 3.8) is 0 Å². The molecule has 0 N–H and O–H groups in total. The quantitative estimate of drug-likeness (QED) is 0.698. The van der Waals surface area contributed by atoms with Crippen LogP contribution in [-0.2, 0) is 0 Å². The maximum absolute atomic E-state index is 8.77. The van der Waals surface area contributed by atoms with Crippen molar-refractivity contribution in [1.82, 2.24) is 14.8 Å². The fourth-order valence-electron chi connectivity index (χ4n) is 1.85. The van der Waals surface area contributed by atoms with Gasteiger partial charge in [0.2, 0.25) is 0 Å². The fourth-order valence-corrected chi connectivity index (χ4v) is 1.85. The van der Waals surface area contributed by atoms with E-state index in [4.69, 9.17) is 5.26 Å². The van der Waals surface area contributed by atoms with Gasteiger partial charge in [0.1, 0.15) is 0 Å². The van der Waals surface area contributed by atoms with Crippen LogP contribution in [0.4, 0.5) is 0 Å². The third-order valence-electron chi connectivity index (χ3n) is 2.86. The summed E-state index contributed by atoms with van der Waals surface area (Å²) in [5, 5.41) is 13.1. The maximum Gasteiger partial charge on any atom is 0.0991 e. The third kappa shape index (κ3) is 2.22. The Balaban J connectivity index is 1.95. The summed E-state index contributed by atoms with van der Waals surface area (Å²) in [4.78, 5) is 4.00. The topological polar surface area (TPSA) is 54.5 Å². The summed E-state index contributed by atoms with van der Waals surface area (Å²) in [6.07, 6.45) is 7.28. The Labute approximate surface area is 110 Å². The monoisotopic (exact) mass is 246 g/mol. The Bertz CT molecular complexity index is 721. The normalized spacial score (nSPS) is 10.1. The second-order valence-electron chi connectivity index (χ2n) is 4.07. The summed E-state index contributed by atoms with van der Waals surface area (Å²) in [5.41, 5.74) is 3.69. The smallest absolute Gasteiger partial charge is 0.0991 e. The molecule has 2 heterocycles. The van der Waals surface area contributed by atoms with Crippen LogP contribution in [0.25, 0.3) is 16.8 Å². The van der Waals surface area contributed by atoms with Crippen molar-refractivity contribution in [3.05, 3.63) is 66.7 Å². The number of hydrogen-bond acceptors (Lipinski definition) is 3. The van der Waals surface area contributed by atoms with Gasteiger partial charge < -0.3 is 0 Å². The molecule has 1 aromatic carbocycles. The predicted molar refractivity (Wildman–Crippen MR) is 71.5 cm³/mol. The van der Waals surface area contributed by atoms with Crippen molar-refractivity contribution in [2.24, 2.45) is 0 Å². The van der Waals surface area contributed by atoms with Gasteiger partial charge in [0, 0.05) is 24.2 Å². The molecular weight excluding hydrogens is 236 g/mol. The molecule has 3 rings (SSSR count). The molecule has 4 heteroatoms. The number of pyridine rings is 1. The molecule has 2 aromatic heterocycles. The molecule has 0 aliphatic rings. The van der Waals surface area contributed by atoms with Gasteiger partial charge in [-0.2, -0.15) is 10.4 Å². The standard InChI is InChI=1S/C15H10N4/c16-9-12-1-3-15(4-2-12)19-11-14(10-18-19)13-5-7-17-8-6-13/h1-8,10-11H. The van der Waals surface area contributed by atoms with E-state index in [1.807, 2.05) is 36.7 Å². The highest BCUT2D eigenvalue weighted by Crippen LogP contribution is 2.19. The Hall–Kier alpha value is -2.93. The lowest BCUT2D eigenvalue weighted by Gasteiger charge is -2.00. The first-order valence-corrected chi connectivity index (χ1v) is 5.82. The van der Waals surface area contributed by atoms with Crippen molar-refractivity contribution in [3.8, 4) is 22.9 Å². The molecule has 0 spiro atoms. The molecule has 4 nitrogen and oxygen atoms in total. The number of nitriles is 1. The molecule has 0 aliphatic carbocycles. The number of benzene rings is 1. The Morgan fingerprint density at radius 1 is 0.947 bits per heavy atom. The van der Waals surface area contributed by atoms with E-state index in [1.54, 1.807) is 29.2 Å². The number of nitrogens with zero attached hydrogens (tertiary/aromatic N) is 4. The molecule has 0 bridgehead atoms. The van der Waals surface area contributed by atoms with Crippen molar-refractivity contribution < 1.29 is 0 Å². The fraction of sp³-hybridized carbons (Fsp3) is 0. The minimum atomic E-state index is 0.644. The highest BCUT2D eigenvalue weighted by molar-refractivity contribution is 5.61. The molecule has 0 saturated heterocycles. The van der Waals surface area contributed by atoms with Crippen LogP contribution in [0.3, 0.4) is 0 Å². The van der Waals surface area contributed by atoms with Crippen LogP contribution in [0.2, 0.25) is 0 Å². The zero-order valence-corrected chi connectivity index (χ0v) is 10.1. The third-order valence-corrected chi connectivity index (χ3v) is 2.86. The van der Waals surface area contributed by atoms with Crippen molar-refractivity contribution in [2.45, 2.75) is 0 Å². The van der Waals surface area contributed by atoms with Gasteiger partial charge in [0.25, 0.3) is 0 Å². The van der Waals surface area contributed by atoms with E-state index in [9.17, 15) is 0 Å². The van der Waals surface area contributed by atoms with Crippen LogP contribution in [0.15, 0.2) is 61.2 Å². The van der Waals surface area contributed by atoms with Crippen LogP contribution in [0, 0.1) is 11.3 Å². The van der Waals surface area contributed by atoms with Crippen LogP contribution < -0.4 is 0 Å². The first-order chi connectivity index (χ1) is 9.36. The molecule has 19 heavy (non-hydrogen) atoms. The minimum Gasteiger partial charge on any atom is -0.265 e. The van der Waals surface area contributed by atoms with Gasteiger partial charge in [-0.15, -0.1) is 0 Å². The highest BCUT2D eigenvalue weighted by Gasteiger charge is 2.03. The molecule has 0 aliphatic heterocycles. The second kappa shape index (κ2) is 4.75. The largest absolute Gasteiger partial charge is 0.265 e. The molecule has 0 fully saturated rings. The lowest BCUT2D eigenvalue weighted by atomic mass is 10.1. The number of hydrogen-bond donors (Lipinski definition) is 0. The van der Waals surface area contributed by atoms with E-state index < -0.39 is 0 Å². The summed E-state index contributed by atoms with van der Waals surface area (Å²) in [6, 6.07) is 13.3. The zero-order chi connectivity index (χ0) is 13.1. The average molecular weight is 246 g/mol. The van der Waals surface area contributed by atoms with E-state index in [0.717, 1.165) is 16.8 Å². The van der Waals surface area contributed by atoms with Crippen LogP contribution in [0.5, 0.6) is 0 Å². The SMILES string of the molecule is N#Cc1ccc(-n2cc(-c3ccncc3)cn2)cc1. The van der Waals surface area contributed by atoms with E-state index >= 15 is 0 Å². The van der Waals surface area contributed by atoms with Gasteiger partial charge in [0.05, 0.1) is 23.5 Å². The second-order valence-corrected chi connectivity index (χ2v) is 4.07. The summed E-state index contributed by atoms with van der Waals surface area (Å²) in [7, 11) is 0. The first kappa shape index (κ1) is 11.2. The lowest BCUT2D eigenvalue weighted by molar-refractivity contribution is 0.880. The van der Waals surface area contributed by atoms with Crippen LogP contribution in [-0.4, -0.2) is 14.8 Å². The maximum atomic E-state index is 8.77. The number of rotatable bonds is 2. The van der Waals surface area contributed by atoms with E-state index in [-0.39, 0.29) is 0 Å². The molecule has 0 atom stereocenters. The summed E-state index contributed by atoms with van der Waals surface area (Å²) in [5.74, 6) is 0. The molecule has 90 valence electrons. The van der Waals surface area contributed by atoms with Crippen molar-refractivity contribution in [2.75, 3.05) is 0 Å². The first-order valence-electron chi connectivity index (χ1n) is 5.82. The molecule has 0 amide bonds. The summed E-state index contributed by atoms with van der Waals surface area (Å²) in [6.45, 7) is 0. The minimum absolute atomic E-state index is 0.644. The van der Waals surface area contributed by atoms with Gasteiger partial charge >= 0.3 is 0 Å². The van der Waals surface area contributed by atoms with Crippen LogP contribution in [0.1, 0.15) is 5.56 Å². The predicted octanol–water partition coefficient (Wildman–Crippen LogP) is 2.81. The molecule has 0 radical (unpaired) electrons. The van der Waals surface area contributed by atoms with E-state index in [0.29, 0.717) is 5.56 Å². The van der Waals surface area contributed by atoms with Gasteiger partial charge in [0.15, 0.2) is 0 Å². The van der Waals surface area contributed by atoms with Crippen molar-refractivity contribution >= 4 is 0 Å². The lowest BCUT2D eigenvalue weighted by Crippen LogP contribution is -1.93. The van der Waals surface area contributed by atoms with Gasteiger partial charge in [-0.3, -0.25) is 4.98 Å². The summed E-state index contributed by atoms with van der Waals surface area (Å²) >= 11 is 0. The summed E-state index contributed by atoms with van der Waals surface area (Å²) < 4.78 is 1.79.